The molecule has 1 saturated heterocycles. The molecule has 160 valence electrons. The molecule has 1 aromatic carbocycles. The SMILES string of the molecule is CCOC(=O)CC(=O)[C@@H]1CCN(C(=O)OC)[C@@H](c2ccc(C(F)(F)F)c(C)c2)C1. The molecule has 1 aromatic rings. The summed E-state index contributed by atoms with van der Waals surface area (Å²) in [6.45, 7) is 3.35. The van der Waals surface area contributed by atoms with Gasteiger partial charge < -0.3 is 14.4 Å². The zero-order valence-corrected chi connectivity index (χ0v) is 16.5. The zero-order valence-electron chi connectivity index (χ0n) is 16.5. The normalized spacial score (nSPS) is 19.6. The van der Waals surface area contributed by atoms with Crippen molar-refractivity contribution in [2.75, 3.05) is 20.3 Å². The number of hydrogen-bond donors (Lipinski definition) is 0. The lowest BCUT2D eigenvalue weighted by Crippen LogP contribution is -2.43. The molecule has 0 unspecified atom stereocenters. The van der Waals surface area contributed by atoms with Crippen molar-refractivity contribution >= 4 is 17.8 Å². The summed E-state index contributed by atoms with van der Waals surface area (Å²) < 4.78 is 48.8. The second kappa shape index (κ2) is 9.28. The molecule has 0 saturated carbocycles. The number of hydrogen-bond acceptors (Lipinski definition) is 5. The van der Waals surface area contributed by atoms with Crippen LogP contribution >= 0.6 is 0 Å². The Bertz CT molecular complexity index is 778. The fourth-order valence-corrected chi connectivity index (χ4v) is 3.62. The van der Waals surface area contributed by atoms with E-state index in [1.165, 1.54) is 31.1 Å². The fraction of sp³-hybridized carbons (Fsp3) is 0.550. The van der Waals surface area contributed by atoms with Crippen molar-refractivity contribution in [3.05, 3.63) is 34.9 Å². The van der Waals surface area contributed by atoms with Crippen molar-refractivity contribution in [3.8, 4) is 0 Å². The Morgan fingerprint density at radius 3 is 2.48 bits per heavy atom. The van der Waals surface area contributed by atoms with Gasteiger partial charge in [0.2, 0.25) is 0 Å². The van der Waals surface area contributed by atoms with Crippen molar-refractivity contribution < 1.29 is 37.0 Å². The van der Waals surface area contributed by atoms with Crippen LogP contribution in [0.3, 0.4) is 0 Å². The third-order valence-corrected chi connectivity index (χ3v) is 5.03. The number of halogens is 3. The van der Waals surface area contributed by atoms with Crippen LogP contribution in [0, 0.1) is 12.8 Å². The van der Waals surface area contributed by atoms with E-state index in [0.29, 0.717) is 12.0 Å². The number of likely N-dealkylation sites (tertiary alicyclic amines) is 1. The molecule has 0 radical (unpaired) electrons. The number of nitrogens with zero attached hydrogens (tertiary/aromatic N) is 1. The molecule has 0 bridgehead atoms. The number of piperidine rings is 1. The van der Waals surface area contributed by atoms with Crippen LogP contribution < -0.4 is 0 Å². The van der Waals surface area contributed by atoms with Gasteiger partial charge in [-0.3, -0.25) is 9.59 Å². The molecule has 1 amide bonds. The molecular weight excluding hydrogens is 391 g/mol. The highest BCUT2D eigenvalue weighted by atomic mass is 19.4. The highest BCUT2D eigenvalue weighted by molar-refractivity contribution is 5.97. The first-order valence-electron chi connectivity index (χ1n) is 9.29. The summed E-state index contributed by atoms with van der Waals surface area (Å²) in [5.41, 5.74) is -0.245. The second-order valence-corrected chi connectivity index (χ2v) is 6.92. The molecule has 9 heteroatoms. The van der Waals surface area contributed by atoms with Crippen molar-refractivity contribution in [1.82, 2.24) is 4.90 Å². The van der Waals surface area contributed by atoms with Gasteiger partial charge >= 0.3 is 18.2 Å². The Hall–Kier alpha value is -2.58. The third kappa shape index (κ3) is 5.48. The van der Waals surface area contributed by atoms with Crippen LogP contribution in [-0.2, 0) is 25.2 Å². The number of benzene rings is 1. The number of Topliss-reactive ketones (excluding diaryl/α,β-unsaturated/α-hetero) is 1. The van der Waals surface area contributed by atoms with E-state index in [2.05, 4.69) is 0 Å². The number of aryl methyl sites for hydroxylation is 1. The van der Waals surface area contributed by atoms with Gasteiger partial charge in [-0.05, 0) is 43.9 Å². The van der Waals surface area contributed by atoms with Crippen molar-refractivity contribution in [2.24, 2.45) is 5.92 Å². The van der Waals surface area contributed by atoms with Crippen LogP contribution in [0.25, 0.3) is 0 Å². The molecule has 0 aliphatic carbocycles. The molecule has 2 atom stereocenters. The van der Waals surface area contributed by atoms with Gasteiger partial charge in [-0.15, -0.1) is 0 Å². The minimum absolute atomic E-state index is 0.0276. The number of ether oxygens (including phenoxy) is 2. The van der Waals surface area contributed by atoms with Crippen LogP contribution in [-0.4, -0.2) is 43.0 Å². The molecule has 0 aromatic heterocycles. The number of amides is 1. The van der Waals surface area contributed by atoms with Gasteiger partial charge in [0, 0.05) is 12.5 Å². The van der Waals surface area contributed by atoms with Crippen LogP contribution in [0.15, 0.2) is 18.2 Å². The maximum Gasteiger partial charge on any atom is 0.416 e. The lowest BCUT2D eigenvalue weighted by atomic mass is 9.83. The zero-order chi connectivity index (χ0) is 21.8. The Kier molecular flexibility index (Phi) is 7.26. The second-order valence-electron chi connectivity index (χ2n) is 6.92. The topological polar surface area (TPSA) is 72.9 Å². The summed E-state index contributed by atoms with van der Waals surface area (Å²) in [4.78, 5) is 37.6. The van der Waals surface area contributed by atoms with Gasteiger partial charge in [0.1, 0.15) is 12.2 Å². The number of carbonyl (C=O) groups excluding carboxylic acids is 3. The number of ketones is 1. The Labute approximate surface area is 167 Å². The smallest absolute Gasteiger partial charge is 0.416 e. The molecule has 2 rings (SSSR count). The van der Waals surface area contributed by atoms with Crippen molar-refractivity contribution in [3.63, 3.8) is 0 Å². The minimum atomic E-state index is -4.48. The lowest BCUT2D eigenvalue weighted by Gasteiger charge is -2.38. The summed E-state index contributed by atoms with van der Waals surface area (Å²) in [5, 5.41) is 0. The van der Waals surface area contributed by atoms with E-state index in [-0.39, 0.29) is 37.3 Å². The van der Waals surface area contributed by atoms with E-state index in [4.69, 9.17) is 9.47 Å². The number of rotatable bonds is 5. The third-order valence-electron chi connectivity index (χ3n) is 5.03. The van der Waals surface area contributed by atoms with Gasteiger partial charge in [-0.2, -0.15) is 13.2 Å². The van der Waals surface area contributed by atoms with Gasteiger partial charge in [0.25, 0.3) is 0 Å². The molecular formula is C20H24F3NO5. The first-order valence-corrected chi connectivity index (χ1v) is 9.29. The van der Waals surface area contributed by atoms with Crippen LogP contribution in [0.1, 0.15) is 48.9 Å². The first-order chi connectivity index (χ1) is 13.6. The molecule has 1 fully saturated rings. The van der Waals surface area contributed by atoms with E-state index in [0.717, 1.165) is 6.07 Å². The van der Waals surface area contributed by atoms with Crippen molar-refractivity contribution in [2.45, 2.75) is 45.3 Å². The summed E-state index contributed by atoms with van der Waals surface area (Å²) >= 11 is 0. The predicted octanol–water partition coefficient (Wildman–Crippen LogP) is 4.06. The monoisotopic (exact) mass is 415 g/mol. The van der Waals surface area contributed by atoms with Gasteiger partial charge in [-0.1, -0.05) is 12.1 Å². The number of esters is 1. The number of methoxy groups -OCH3 is 1. The summed E-state index contributed by atoms with van der Waals surface area (Å²) in [6.07, 6.45) is -4.93. The Balaban J connectivity index is 2.28. The molecule has 6 nitrogen and oxygen atoms in total. The molecule has 0 spiro atoms. The number of carbonyl (C=O) groups is 3. The Morgan fingerprint density at radius 1 is 1.24 bits per heavy atom. The fourth-order valence-electron chi connectivity index (χ4n) is 3.62. The van der Waals surface area contributed by atoms with Gasteiger partial charge in [-0.25, -0.2) is 4.79 Å². The maximum atomic E-state index is 13.1. The first kappa shape index (κ1) is 22.7. The Morgan fingerprint density at radius 2 is 1.93 bits per heavy atom. The molecule has 0 N–H and O–H groups in total. The number of alkyl halides is 3. The quantitative estimate of drug-likeness (QED) is 0.536. The maximum absolute atomic E-state index is 13.1. The molecule has 1 aliphatic rings. The van der Waals surface area contributed by atoms with Crippen LogP contribution in [0.5, 0.6) is 0 Å². The average molecular weight is 415 g/mol. The van der Waals surface area contributed by atoms with Crippen LogP contribution in [0.4, 0.5) is 18.0 Å². The van der Waals surface area contributed by atoms with Gasteiger partial charge in [0.15, 0.2) is 0 Å². The molecule has 1 heterocycles. The van der Waals surface area contributed by atoms with Crippen molar-refractivity contribution in [1.29, 1.82) is 0 Å². The van der Waals surface area contributed by atoms with E-state index < -0.39 is 35.8 Å². The van der Waals surface area contributed by atoms with E-state index >= 15 is 0 Å². The largest absolute Gasteiger partial charge is 0.466 e. The minimum Gasteiger partial charge on any atom is -0.466 e. The molecule has 1 aliphatic heterocycles. The standard InChI is InChI=1S/C20H24F3NO5/c1-4-29-18(26)11-17(25)14-7-8-24(19(27)28-3)16(10-14)13-5-6-15(12(2)9-13)20(21,22)23/h5-6,9,14,16H,4,7-8,10-11H2,1-3H3/t14-,16-/m1/s1. The summed E-state index contributed by atoms with van der Waals surface area (Å²) in [7, 11) is 1.22. The summed E-state index contributed by atoms with van der Waals surface area (Å²) in [6, 6.07) is 3.04. The highest BCUT2D eigenvalue weighted by Crippen LogP contribution is 2.38. The predicted molar refractivity (Wildman–Crippen MR) is 97.0 cm³/mol. The van der Waals surface area contributed by atoms with E-state index in [9.17, 15) is 27.6 Å². The van der Waals surface area contributed by atoms with Gasteiger partial charge in [0.05, 0.1) is 25.3 Å². The molecule has 29 heavy (non-hydrogen) atoms. The summed E-state index contributed by atoms with van der Waals surface area (Å²) in [5.74, 6) is -1.43. The average Bonchev–Trinajstić information content (AvgIpc) is 2.65. The van der Waals surface area contributed by atoms with E-state index in [1.54, 1.807) is 6.92 Å². The van der Waals surface area contributed by atoms with Crippen LogP contribution in [0.2, 0.25) is 0 Å². The highest BCUT2D eigenvalue weighted by Gasteiger charge is 2.38. The van der Waals surface area contributed by atoms with E-state index in [1.807, 2.05) is 0 Å². The lowest BCUT2D eigenvalue weighted by molar-refractivity contribution is -0.146.